The van der Waals surface area contributed by atoms with E-state index in [1.54, 1.807) is 26.8 Å². The number of anilines is 1. The first-order valence-electron chi connectivity index (χ1n) is 8.43. The zero-order valence-corrected chi connectivity index (χ0v) is 16.1. The molecule has 1 amide bonds. The van der Waals surface area contributed by atoms with E-state index in [2.05, 4.69) is 10.1 Å². The molecule has 0 saturated heterocycles. The fourth-order valence-electron chi connectivity index (χ4n) is 2.47. The molecule has 0 bridgehead atoms. The van der Waals surface area contributed by atoms with Crippen LogP contribution in [0.25, 0.3) is 0 Å². The maximum atomic E-state index is 13.0. The molecule has 8 heteroatoms. The Balaban J connectivity index is 1.98. The SMILES string of the molecule is CCOC(=O)c1sc(N(Cc2ccccc2)C(=O)c2cc(C)no2)nc1C. The Hall–Kier alpha value is -3.00. The summed E-state index contributed by atoms with van der Waals surface area (Å²) in [6.45, 7) is 5.76. The number of ether oxygens (including phenoxy) is 1. The van der Waals surface area contributed by atoms with Crippen molar-refractivity contribution in [1.82, 2.24) is 10.1 Å². The van der Waals surface area contributed by atoms with Crippen molar-refractivity contribution in [3.63, 3.8) is 0 Å². The second-order valence-corrected chi connectivity index (χ2v) is 6.82. The summed E-state index contributed by atoms with van der Waals surface area (Å²) < 4.78 is 10.2. The number of amides is 1. The number of thiazole rings is 1. The Bertz CT molecular complexity index is 949. The van der Waals surface area contributed by atoms with Gasteiger partial charge in [0.15, 0.2) is 5.13 Å². The summed E-state index contributed by atoms with van der Waals surface area (Å²) in [4.78, 5) is 31.4. The number of carbonyl (C=O) groups is 2. The number of benzene rings is 1. The van der Waals surface area contributed by atoms with Crippen LogP contribution in [-0.2, 0) is 11.3 Å². The van der Waals surface area contributed by atoms with Crippen LogP contribution in [0.3, 0.4) is 0 Å². The van der Waals surface area contributed by atoms with E-state index in [1.807, 2.05) is 30.3 Å². The molecular formula is C19H19N3O4S. The van der Waals surface area contributed by atoms with Gasteiger partial charge in [-0.1, -0.05) is 46.8 Å². The number of carbonyl (C=O) groups excluding carboxylic acids is 2. The van der Waals surface area contributed by atoms with Crippen molar-refractivity contribution in [2.24, 2.45) is 0 Å². The molecule has 27 heavy (non-hydrogen) atoms. The Morgan fingerprint density at radius 2 is 1.96 bits per heavy atom. The molecule has 1 aromatic carbocycles. The van der Waals surface area contributed by atoms with Crippen LogP contribution >= 0.6 is 11.3 Å². The molecule has 0 spiro atoms. The molecule has 3 rings (SSSR count). The monoisotopic (exact) mass is 385 g/mol. The fraction of sp³-hybridized carbons (Fsp3) is 0.263. The van der Waals surface area contributed by atoms with Crippen LogP contribution in [0.1, 0.15) is 44.1 Å². The van der Waals surface area contributed by atoms with Crippen molar-refractivity contribution in [2.75, 3.05) is 11.5 Å². The Morgan fingerprint density at radius 3 is 2.59 bits per heavy atom. The molecule has 0 aliphatic heterocycles. The molecule has 0 fully saturated rings. The fourth-order valence-corrected chi connectivity index (χ4v) is 3.43. The van der Waals surface area contributed by atoms with Crippen molar-refractivity contribution in [2.45, 2.75) is 27.3 Å². The van der Waals surface area contributed by atoms with Gasteiger partial charge in [-0.3, -0.25) is 9.69 Å². The van der Waals surface area contributed by atoms with Gasteiger partial charge in [-0.2, -0.15) is 0 Å². The standard InChI is InChI=1S/C19H19N3O4S/c1-4-25-18(24)16-13(3)20-19(27-16)22(11-14-8-6-5-7-9-14)17(23)15-10-12(2)21-26-15/h5-10H,4,11H2,1-3H3. The first-order valence-corrected chi connectivity index (χ1v) is 9.25. The topological polar surface area (TPSA) is 85.5 Å². The number of esters is 1. The predicted octanol–water partition coefficient (Wildman–Crippen LogP) is 3.77. The summed E-state index contributed by atoms with van der Waals surface area (Å²) in [7, 11) is 0. The molecule has 7 nitrogen and oxygen atoms in total. The highest BCUT2D eigenvalue weighted by atomic mass is 32.1. The Labute approximate surface area is 160 Å². The summed E-state index contributed by atoms with van der Waals surface area (Å²) in [6, 6.07) is 11.1. The summed E-state index contributed by atoms with van der Waals surface area (Å²) in [5.74, 6) is -0.695. The van der Waals surface area contributed by atoms with Gasteiger partial charge in [0.25, 0.3) is 5.91 Å². The van der Waals surface area contributed by atoms with Gasteiger partial charge in [-0.15, -0.1) is 0 Å². The molecule has 0 N–H and O–H groups in total. The van der Waals surface area contributed by atoms with E-state index in [0.717, 1.165) is 16.9 Å². The lowest BCUT2D eigenvalue weighted by molar-refractivity contribution is 0.0531. The minimum absolute atomic E-state index is 0.119. The number of nitrogens with zero attached hydrogens (tertiary/aromatic N) is 3. The van der Waals surface area contributed by atoms with E-state index in [4.69, 9.17) is 9.26 Å². The van der Waals surface area contributed by atoms with E-state index in [-0.39, 0.29) is 24.8 Å². The maximum absolute atomic E-state index is 13.0. The third-order valence-corrected chi connectivity index (χ3v) is 4.90. The molecular weight excluding hydrogens is 366 g/mol. The van der Waals surface area contributed by atoms with E-state index >= 15 is 0 Å². The first kappa shape index (κ1) is 18.8. The van der Waals surface area contributed by atoms with Crippen LogP contribution in [0.4, 0.5) is 5.13 Å². The molecule has 0 aliphatic rings. The zero-order chi connectivity index (χ0) is 19.4. The van der Waals surface area contributed by atoms with Crippen molar-refractivity contribution in [1.29, 1.82) is 0 Å². The van der Waals surface area contributed by atoms with Gasteiger partial charge in [0, 0.05) is 6.07 Å². The normalized spacial score (nSPS) is 10.6. The minimum atomic E-state index is -0.443. The van der Waals surface area contributed by atoms with Gasteiger partial charge in [0.2, 0.25) is 5.76 Å². The number of aryl methyl sites for hydroxylation is 2. The van der Waals surface area contributed by atoms with Crippen molar-refractivity contribution in [3.8, 4) is 0 Å². The number of rotatable bonds is 6. The Morgan fingerprint density at radius 1 is 1.22 bits per heavy atom. The summed E-state index contributed by atoms with van der Waals surface area (Å²) in [6.07, 6.45) is 0. The van der Waals surface area contributed by atoms with Crippen LogP contribution in [0.15, 0.2) is 40.9 Å². The van der Waals surface area contributed by atoms with Crippen molar-refractivity contribution < 1.29 is 18.8 Å². The van der Waals surface area contributed by atoms with E-state index < -0.39 is 5.97 Å². The van der Waals surface area contributed by atoms with Gasteiger partial charge < -0.3 is 9.26 Å². The highest BCUT2D eigenvalue weighted by Crippen LogP contribution is 2.29. The van der Waals surface area contributed by atoms with Gasteiger partial charge in [0.1, 0.15) is 4.88 Å². The Kier molecular flexibility index (Phi) is 5.66. The minimum Gasteiger partial charge on any atom is -0.462 e. The number of hydrogen-bond donors (Lipinski definition) is 0. The molecule has 0 radical (unpaired) electrons. The highest BCUT2D eigenvalue weighted by molar-refractivity contribution is 7.17. The lowest BCUT2D eigenvalue weighted by Crippen LogP contribution is -2.30. The molecule has 0 atom stereocenters. The smallest absolute Gasteiger partial charge is 0.350 e. The largest absolute Gasteiger partial charge is 0.462 e. The molecule has 2 heterocycles. The first-order chi connectivity index (χ1) is 13.0. The van der Waals surface area contributed by atoms with Gasteiger partial charge in [0.05, 0.1) is 24.5 Å². The van der Waals surface area contributed by atoms with Crippen LogP contribution in [-0.4, -0.2) is 28.6 Å². The molecule has 2 aromatic heterocycles. The summed E-state index contributed by atoms with van der Waals surface area (Å²) >= 11 is 1.12. The van der Waals surface area contributed by atoms with E-state index in [0.29, 0.717) is 21.4 Å². The molecule has 0 saturated carbocycles. The van der Waals surface area contributed by atoms with Crippen LogP contribution in [0, 0.1) is 13.8 Å². The third kappa shape index (κ3) is 4.22. The molecule has 3 aromatic rings. The predicted molar refractivity (Wildman–Crippen MR) is 101 cm³/mol. The molecule has 0 unspecified atom stereocenters. The summed E-state index contributed by atoms with van der Waals surface area (Å²) in [5.41, 5.74) is 2.06. The number of aromatic nitrogens is 2. The molecule has 0 aliphatic carbocycles. The van der Waals surface area contributed by atoms with Crippen LogP contribution in [0.5, 0.6) is 0 Å². The second kappa shape index (κ2) is 8.13. The molecule has 140 valence electrons. The van der Waals surface area contributed by atoms with Crippen molar-refractivity contribution >= 4 is 28.3 Å². The van der Waals surface area contributed by atoms with E-state index in [1.165, 1.54) is 4.90 Å². The average Bonchev–Trinajstić information content (AvgIpc) is 3.26. The highest BCUT2D eigenvalue weighted by Gasteiger charge is 2.27. The lowest BCUT2D eigenvalue weighted by atomic mass is 10.2. The summed E-state index contributed by atoms with van der Waals surface area (Å²) in [5, 5.41) is 4.18. The van der Waals surface area contributed by atoms with Gasteiger partial charge >= 0.3 is 5.97 Å². The zero-order valence-electron chi connectivity index (χ0n) is 15.3. The van der Waals surface area contributed by atoms with Gasteiger partial charge in [-0.25, -0.2) is 9.78 Å². The lowest BCUT2D eigenvalue weighted by Gasteiger charge is -2.18. The van der Waals surface area contributed by atoms with Crippen LogP contribution < -0.4 is 4.90 Å². The third-order valence-electron chi connectivity index (χ3n) is 3.74. The quantitative estimate of drug-likeness (QED) is 0.601. The maximum Gasteiger partial charge on any atom is 0.350 e. The van der Waals surface area contributed by atoms with Crippen LogP contribution in [0.2, 0.25) is 0 Å². The second-order valence-electron chi connectivity index (χ2n) is 5.84. The average molecular weight is 385 g/mol. The number of hydrogen-bond acceptors (Lipinski definition) is 7. The van der Waals surface area contributed by atoms with Crippen molar-refractivity contribution in [3.05, 3.63) is 64.0 Å². The van der Waals surface area contributed by atoms with E-state index in [9.17, 15) is 9.59 Å². The van der Waals surface area contributed by atoms with Gasteiger partial charge in [-0.05, 0) is 26.3 Å².